The number of hydrogen-bond donors (Lipinski definition) is 2. The van der Waals surface area contributed by atoms with Crippen LogP contribution in [0, 0.1) is 0 Å². The van der Waals surface area contributed by atoms with Gasteiger partial charge in [-0.25, -0.2) is 9.78 Å². The van der Waals surface area contributed by atoms with Gasteiger partial charge >= 0.3 is 6.09 Å². The number of carbonyl (C=O) groups excluding carboxylic acids is 1. The molecule has 1 atom stereocenters. The average Bonchev–Trinajstić information content (AvgIpc) is 3.36. The molecule has 8 nitrogen and oxygen atoms in total. The fraction of sp³-hybridized carbons (Fsp3) is 0.417. The number of aliphatic hydroxyl groups excluding tert-OH is 1. The lowest BCUT2D eigenvalue weighted by Gasteiger charge is -2.30. The van der Waals surface area contributed by atoms with E-state index >= 15 is 0 Å². The lowest BCUT2D eigenvalue weighted by Crippen LogP contribution is -2.50. The normalized spacial score (nSPS) is 14.9. The van der Waals surface area contributed by atoms with Crippen LogP contribution in [-0.4, -0.2) is 40.7 Å². The van der Waals surface area contributed by atoms with Crippen molar-refractivity contribution in [2.75, 3.05) is 13.4 Å². The second kappa shape index (κ2) is 8.35. The first-order valence-corrected chi connectivity index (χ1v) is 10.6. The summed E-state index contributed by atoms with van der Waals surface area (Å²) in [5.74, 6) is 1.88. The van der Waals surface area contributed by atoms with Crippen LogP contribution in [0.15, 0.2) is 40.8 Å². The smallest absolute Gasteiger partial charge is 0.408 e. The minimum absolute atomic E-state index is 0.202. The molecular weight excluding hydrogens is 412 g/mol. The minimum Gasteiger partial charge on any atom is -0.454 e. The highest BCUT2D eigenvalue weighted by molar-refractivity contribution is 5.77. The van der Waals surface area contributed by atoms with Crippen LogP contribution in [0.3, 0.4) is 0 Å². The van der Waals surface area contributed by atoms with Gasteiger partial charge in [-0.15, -0.1) is 0 Å². The van der Waals surface area contributed by atoms with E-state index in [1.165, 1.54) is 0 Å². The molecule has 0 spiro atoms. The number of fused-ring (bicyclic) bond motifs is 2. The first-order valence-electron chi connectivity index (χ1n) is 10.6. The Hall–Kier alpha value is -3.26. The summed E-state index contributed by atoms with van der Waals surface area (Å²) in [6.07, 6.45) is 0.616. The van der Waals surface area contributed by atoms with E-state index in [1.54, 1.807) is 27.7 Å². The first kappa shape index (κ1) is 22.0. The maximum Gasteiger partial charge on any atom is 0.408 e. The van der Waals surface area contributed by atoms with Crippen molar-refractivity contribution in [3.05, 3.63) is 42.0 Å². The van der Waals surface area contributed by atoms with Crippen LogP contribution < -0.4 is 14.8 Å². The molecule has 0 saturated heterocycles. The number of aliphatic hydroxyl groups is 1. The third kappa shape index (κ3) is 4.96. The molecule has 8 heteroatoms. The Morgan fingerprint density at radius 2 is 1.91 bits per heavy atom. The van der Waals surface area contributed by atoms with Crippen LogP contribution in [0.1, 0.15) is 39.7 Å². The van der Waals surface area contributed by atoms with Crippen LogP contribution in [-0.2, 0) is 11.2 Å². The minimum atomic E-state index is -0.807. The van der Waals surface area contributed by atoms with Crippen LogP contribution in [0.2, 0.25) is 0 Å². The van der Waals surface area contributed by atoms with Crippen molar-refractivity contribution in [1.82, 2.24) is 10.3 Å². The lowest BCUT2D eigenvalue weighted by atomic mass is 9.94. The Balaban J connectivity index is 1.46. The van der Waals surface area contributed by atoms with E-state index in [0.29, 0.717) is 35.8 Å². The van der Waals surface area contributed by atoms with Crippen LogP contribution in [0.4, 0.5) is 4.79 Å². The summed E-state index contributed by atoms with van der Waals surface area (Å²) >= 11 is 0. The van der Waals surface area contributed by atoms with Crippen LogP contribution >= 0.6 is 0 Å². The van der Waals surface area contributed by atoms with E-state index in [2.05, 4.69) is 10.3 Å². The predicted molar refractivity (Wildman–Crippen MR) is 119 cm³/mol. The summed E-state index contributed by atoms with van der Waals surface area (Å²) in [5.41, 5.74) is 1.83. The number of nitrogens with zero attached hydrogens (tertiary/aromatic N) is 1. The summed E-state index contributed by atoms with van der Waals surface area (Å²) in [6.45, 7) is 7.21. The van der Waals surface area contributed by atoms with Gasteiger partial charge < -0.3 is 29.1 Å². The molecule has 2 heterocycles. The Bertz CT molecular complexity index is 1130. The van der Waals surface area contributed by atoms with Crippen molar-refractivity contribution in [3.63, 3.8) is 0 Å². The fourth-order valence-corrected chi connectivity index (χ4v) is 3.43. The molecule has 170 valence electrons. The lowest BCUT2D eigenvalue weighted by molar-refractivity contribution is 0.0407. The number of ether oxygens (including phenoxy) is 3. The van der Waals surface area contributed by atoms with Crippen molar-refractivity contribution in [3.8, 4) is 23.0 Å². The van der Waals surface area contributed by atoms with Crippen molar-refractivity contribution < 1.29 is 28.5 Å². The Morgan fingerprint density at radius 3 is 2.66 bits per heavy atom. The molecule has 0 aliphatic carbocycles. The molecule has 2 N–H and O–H groups in total. The maximum atomic E-state index is 12.1. The van der Waals surface area contributed by atoms with Gasteiger partial charge in [-0.05, 0) is 76.4 Å². The molecule has 0 unspecified atom stereocenters. The highest BCUT2D eigenvalue weighted by Gasteiger charge is 2.28. The molecule has 4 rings (SSSR count). The molecule has 0 radical (unpaired) electrons. The average molecular weight is 440 g/mol. The number of aromatic nitrogens is 1. The van der Waals surface area contributed by atoms with Crippen molar-refractivity contribution in [2.45, 2.75) is 51.7 Å². The largest absolute Gasteiger partial charge is 0.454 e. The zero-order valence-electron chi connectivity index (χ0n) is 18.7. The number of rotatable bonds is 6. The van der Waals surface area contributed by atoms with E-state index in [-0.39, 0.29) is 13.4 Å². The second-order valence-electron chi connectivity index (χ2n) is 9.23. The summed E-state index contributed by atoms with van der Waals surface area (Å²) < 4.78 is 22.0. The molecule has 3 aromatic rings. The number of nitrogens with one attached hydrogen (secondary N) is 1. The highest BCUT2D eigenvalue weighted by atomic mass is 16.7. The summed E-state index contributed by atoms with van der Waals surface area (Å²) in [4.78, 5) is 16.8. The van der Waals surface area contributed by atoms with Gasteiger partial charge in [0.25, 0.3) is 0 Å². The van der Waals surface area contributed by atoms with E-state index in [0.717, 1.165) is 16.6 Å². The standard InChI is InChI=1S/C24H28N2O6/c1-23(2,3)32-22(28)26-24(4,13-27)10-9-15-5-7-18-17(11-15)25-21(31-18)16-6-8-19-20(12-16)30-14-29-19/h5-8,11-12,27H,9-10,13-14H2,1-4H3,(H,26,28)/t24-/m1/s1. The van der Waals surface area contributed by atoms with Gasteiger partial charge in [-0.3, -0.25) is 0 Å². The van der Waals surface area contributed by atoms with Crippen molar-refractivity contribution in [1.29, 1.82) is 0 Å². The number of amides is 1. The number of alkyl carbamates (subject to hydrolysis) is 1. The molecule has 32 heavy (non-hydrogen) atoms. The molecule has 1 aliphatic rings. The number of benzene rings is 2. The van der Waals surface area contributed by atoms with E-state index < -0.39 is 17.2 Å². The summed E-state index contributed by atoms with van der Waals surface area (Å²) in [7, 11) is 0. The van der Waals surface area contributed by atoms with Crippen LogP contribution in [0.25, 0.3) is 22.6 Å². The zero-order valence-corrected chi connectivity index (χ0v) is 18.7. The van der Waals surface area contributed by atoms with Gasteiger partial charge in [-0.2, -0.15) is 0 Å². The van der Waals surface area contributed by atoms with E-state index in [4.69, 9.17) is 18.6 Å². The number of oxazole rings is 1. The molecule has 0 fully saturated rings. The summed E-state index contributed by atoms with van der Waals surface area (Å²) in [5, 5.41) is 12.6. The molecule has 0 bridgehead atoms. The second-order valence-corrected chi connectivity index (χ2v) is 9.23. The Morgan fingerprint density at radius 1 is 1.12 bits per heavy atom. The number of hydrogen-bond acceptors (Lipinski definition) is 7. The monoisotopic (exact) mass is 440 g/mol. The first-order chi connectivity index (χ1) is 15.1. The quantitative estimate of drug-likeness (QED) is 0.584. The zero-order chi connectivity index (χ0) is 22.9. The van der Waals surface area contributed by atoms with Gasteiger partial charge in [0.05, 0.1) is 12.1 Å². The van der Waals surface area contributed by atoms with E-state index in [1.807, 2.05) is 36.4 Å². The molecule has 1 aliphatic heterocycles. The van der Waals surface area contributed by atoms with Crippen LogP contribution in [0.5, 0.6) is 11.5 Å². The predicted octanol–water partition coefficient (Wildman–Crippen LogP) is 4.43. The SMILES string of the molecule is CC(C)(C)OC(=O)N[C@@](C)(CO)CCc1ccc2oc(-c3ccc4c(c3)OCO4)nc2c1. The fourth-order valence-electron chi connectivity index (χ4n) is 3.43. The van der Waals surface area contributed by atoms with E-state index in [9.17, 15) is 9.90 Å². The Labute approximate surface area is 186 Å². The molecule has 1 amide bonds. The van der Waals surface area contributed by atoms with Gasteiger partial charge in [0.1, 0.15) is 11.1 Å². The highest BCUT2D eigenvalue weighted by Crippen LogP contribution is 2.36. The van der Waals surface area contributed by atoms with Gasteiger partial charge in [0.15, 0.2) is 17.1 Å². The molecule has 2 aromatic carbocycles. The Kier molecular flexibility index (Phi) is 5.73. The molecule has 1 aromatic heterocycles. The topological polar surface area (TPSA) is 103 Å². The van der Waals surface area contributed by atoms with Gasteiger partial charge in [-0.1, -0.05) is 6.07 Å². The summed E-state index contributed by atoms with van der Waals surface area (Å²) in [6, 6.07) is 11.4. The number of aryl methyl sites for hydroxylation is 1. The third-order valence-electron chi connectivity index (χ3n) is 5.19. The van der Waals surface area contributed by atoms with Crippen molar-refractivity contribution in [2.24, 2.45) is 0 Å². The molecular formula is C24H28N2O6. The third-order valence-corrected chi connectivity index (χ3v) is 5.19. The maximum absolute atomic E-state index is 12.1. The molecule has 0 saturated carbocycles. The number of carbonyl (C=O) groups is 1. The van der Waals surface area contributed by atoms with Gasteiger partial charge in [0.2, 0.25) is 12.7 Å². The van der Waals surface area contributed by atoms with Gasteiger partial charge in [0, 0.05) is 5.56 Å². The van der Waals surface area contributed by atoms with Crippen molar-refractivity contribution >= 4 is 17.2 Å².